The highest BCUT2D eigenvalue weighted by atomic mass is 35.7. The molecule has 0 fully saturated rings. The topological polar surface area (TPSA) is 0 Å². The van der Waals surface area contributed by atoms with Crippen LogP contribution in [0, 0.1) is 0 Å². The normalized spacial score (nSPS) is 10.5. The van der Waals surface area contributed by atoms with Crippen LogP contribution in [-0.2, 0) is 0 Å². The van der Waals surface area contributed by atoms with Crippen LogP contribution in [0.2, 0.25) is 6.04 Å². The molecule has 0 aromatic heterocycles. The third kappa shape index (κ3) is 10.5. The predicted octanol–water partition coefficient (Wildman–Crippen LogP) is 3.82. The van der Waals surface area contributed by atoms with Crippen molar-refractivity contribution in [2.45, 2.75) is 38.1 Å². The summed E-state index contributed by atoms with van der Waals surface area (Å²) in [7, 11) is -1.31. The van der Waals surface area contributed by atoms with Gasteiger partial charge in [0.25, 0.3) is 0 Å². The molecule has 0 aliphatic rings. The van der Waals surface area contributed by atoms with E-state index in [1.54, 1.807) is 0 Å². The summed E-state index contributed by atoms with van der Waals surface area (Å²) in [6.45, 7) is 3.67. The number of halogens is 2. The van der Waals surface area contributed by atoms with Crippen molar-refractivity contribution in [2.75, 3.05) is 0 Å². The Bertz CT molecular complexity index is 94.1. The van der Waals surface area contributed by atoms with E-state index >= 15 is 0 Å². The lowest BCUT2D eigenvalue weighted by molar-refractivity contribution is 0.674. The molecule has 0 nitrogen and oxygen atoms in total. The van der Waals surface area contributed by atoms with E-state index < -0.39 is 7.42 Å². The minimum atomic E-state index is -1.31. The van der Waals surface area contributed by atoms with Crippen LogP contribution in [0.3, 0.4) is 0 Å². The molecule has 0 radical (unpaired) electrons. The molecule has 0 spiro atoms. The molecule has 0 saturated carbocycles. The number of unbranched alkanes of at least 4 members (excludes halogenated alkanes) is 4. The van der Waals surface area contributed by atoms with Crippen LogP contribution in [0.25, 0.3) is 0 Å². The molecule has 0 unspecified atom stereocenters. The van der Waals surface area contributed by atoms with Gasteiger partial charge in [0.15, 0.2) is 0 Å². The SMILES string of the molecule is C=CCCCCCC[SiH](Cl)Cl. The molecule has 0 rings (SSSR count). The molecule has 0 aromatic rings. The first-order valence-corrected chi connectivity index (χ1v) is 8.47. The lowest BCUT2D eigenvalue weighted by atomic mass is 10.1. The van der Waals surface area contributed by atoms with Gasteiger partial charge in [0, 0.05) is 0 Å². The molecule has 0 heterocycles. The number of hydrogen-bond acceptors (Lipinski definition) is 0. The van der Waals surface area contributed by atoms with Crippen molar-refractivity contribution >= 4 is 29.6 Å². The predicted molar refractivity (Wildman–Crippen MR) is 56.9 cm³/mol. The maximum atomic E-state index is 5.71. The first kappa shape index (κ1) is 11.5. The molecule has 0 saturated heterocycles. The van der Waals surface area contributed by atoms with Crippen molar-refractivity contribution in [1.82, 2.24) is 0 Å². The molecule has 0 aliphatic carbocycles. The summed E-state index contributed by atoms with van der Waals surface area (Å²) >= 11 is 11.4. The average Bonchev–Trinajstić information content (AvgIpc) is 1.96. The fourth-order valence-corrected chi connectivity index (χ4v) is 2.46. The molecule has 0 N–H and O–H groups in total. The maximum absolute atomic E-state index is 5.71. The Morgan fingerprint density at radius 3 is 2.27 bits per heavy atom. The minimum absolute atomic E-state index is 1.07. The summed E-state index contributed by atoms with van der Waals surface area (Å²) in [6.07, 6.45) is 8.16. The zero-order valence-corrected chi connectivity index (χ0v) is 9.53. The van der Waals surface area contributed by atoms with Crippen molar-refractivity contribution in [3.63, 3.8) is 0 Å². The van der Waals surface area contributed by atoms with Gasteiger partial charge >= 0.3 is 0 Å². The average molecular weight is 211 g/mol. The van der Waals surface area contributed by atoms with Crippen molar-refractivity contribution in [1.29, 1.82) is 0 Å². The van der Waals surface area contributed by atoms with E-state index in [0.717, 1.165) is 12.5 Å². The van der Waals surface area contributed by atoms with Gasteiger partial charge in [-0.15, -0.1) is 6.58 Å². The Hall–Kier alpha value is 0.537. The largest absolute Gasteiger partial charge is 0.237 e. The quantitative estimate of drug-likeness (QED) is 0.260. The van der Waals surface area contributed by atoms with E-state index in [0.29, 0.717) is 0 Å². The second kappa shape index (κ2) is 8.63. The number of rotatable bonds is 7. The second-order valence-electron chi connectivity index (χ2n) is 2.67. The van der Waals surface area contributed by atoms with Gasteiger partial charge in [-0.05, 0) is 18.9 Å². The Labute approximate surface area is 80.6 Å². The Morgan fingerprint density at radius 1 is 1.09 bits per heavy atom. The summed E-state index contributed by atoms with van der Waals surface area (Å²) in [5, 5.41) is 0. The van der Waals surface area contributed by atoms with Gasteiger partial charge in [-0.25, -0.2) is 0 Å². The van der Waals surface area contributed by atoms with Crippen LogP contribution in [0.1, 0.15) is 32.1 Å². The third-order valence-corrected chi connectivity index (χ3v) is 3.73. The van der Waals surface area contributed by atoms with Gasteiger partial charge in [0.1, 0.15) is 0 Å². The zero-order chi connectivity index (χ0) is 8.53. The lowest BCUT2D eigenvalue weighted by Gasteiger charge is -1.98. The van der Waals surface area contributed by atoms with Gasteiger partial charge in [0.2, 0.25) is 7.42 Å². The molecule has 3 heteroatoms. The molecule has 0 bridgehead atoms. The number of hydrogen-bond donors (Lipinski definition) is 0. The summed E-state index contributed by atoms with van der Waals surface area (Å²) < 4.78 is 0. The summed E-state index contributed by atoms with van der Waals surface area (Å²) in [5.74, 6) is 0. The van der Waals surface area contributed by atoms with Gasteiger partial charge < -0.3 is 0 Å². The van der Waals surface area contributed by atoms with Gasteiger partial charge in [-0.2, -0.15) is 22.2 Å². The van der Waals surface area contributed by atoms with Crippen molar-refractivity contribution in [2.24, 2.45) is 0 Å². The zero-order valence-electron chi connectivity index (χ0n) is 6.86. The van der Waals surface area contributed by atoms with Crippen LogP contribution < -0.4 is 0 Å². The Morgan fingerprint density at radius 2 is 1.73 bits per heavy atom. The minimum Gasteiger partial charge on any atom is -0.150 e. The molecule has 0 aromatic carbocycles. The van der Waals surface area contributed by atoms with Gasteiger partial charge in [-0.3, -0.25) is 0 Å². The lowest BCUT2D eigenvalue weighted by Crippen LogP contribution is -1.90. The highest BCUT2D eigenvalue weighted by molar-refractivity contribution is 7.33. The van der Waals surface area contributed by atoms with E-state index in [9.17, 15) is 0 Å². The van der Waals surface area contributed by atoms with E-state index in [1.165, 1.54) is 25.7 Å². The standard InChI is InChI=1S/C8H16Cl2Si/c1-2-3-4-5-6-7-8-11(9)10/h2,11H,1,3-8H2. The molecule has 0 amide bonds. The van der Waals surface area contributed by atoms with Crippen LogP contribution in [0.15, 0.2) is 12.7 Å². The summed E-state index contributed by atoms with van der Waals surface area (Å²) in [5.41, 5.74) is 0. The highest BCUT2D eigenvalue weighted by Crippen LogP contribution is 2.11. The molecular formula is C8H16Cl2Si. The fraction of sp³-hybridized carbons (Fsp3) is 0.750. The Balaban J connectivity index is 2.85. The molecule has 0 aliphatic heterocycles. The monoisotopic (exact) mass is 210 g/mol. The summed E-state index contributed by atoms with van der Waals surface area (Å²) in [4.78, 5) is 0. The van der Waals surface area contributed by atoms with E-state index in [1.807, 2.05) is 6.08 Å². The Kier molecular flexibility index (Phi) is 9.05. The molecule has 0 atom stereocenters. The number of allylic oxidation sites excluding steroid dienone is 1. The summed E-state index contributed by atoms with van der Waals surface area (Å²) in [6, 6.07) is 1.07. The van der Waals surface area contributed by atoms with E-state index in [2.05, 4.69) is 6.58 Å². The van der Waals surface area contributed by atoms with Crippen LogP contribution in [-0.4, -0.2) is 7.42 Å². The van der Waals surface area contributed by atoms with E-state index in [-0.39, 0.29) is 0 Å². The third-order valence-electron chi connectivity index (χ3n) is 1.58. The van der Waals surface area contributed by atoms with Crippen molar-refractivity contribution in [3.05, 3.63) is 12.7 Å². The molecule has 66 valence electrons. The van der Waals surface area contributed by atoms with Gasteiger partial charge in [0.05, 0.1) is 0 Å². The van der Waals surface area contributed by atoms with E-state index in [4.69, 9.17) is 22.2 Å². The maximum Gasteiger partial charge on any atom is 0.237 e. The second-order valence-corrected chi connectivity index (χ2v) is 7.86. The van der Waals surface area contributed by atoms with Crippen molar-refractivity contribution < 1.29 is 0 Å². The fourth-order valence-electron chi connectivity index (χ4n) is 0.941. The van der Waals surface area contributed by atoms with Crippen LogP contribution in [0.4, 0.5) is 0 Å². The molecular weight excluding hydrogens is 195 g/mol. The molecule has 11 heavy (non-hydrogen) atoms. The van der Waals surface area contributed by atoms with Crippen LogP contribution in [0.5, 0.6) is 0 Å². The highest BCUT2D eigenvalue weighted by Gasteiger charge is 1.99. The first-order chi connectivity index (χ1) is 5.27. The smallest absolute Gasteiger partial charge is 0.150 e. The van der Waals surface area contributed by atoms with Crippen LogP contribution >= 0.6 is 22.2 Å². The van der Waals surface area contributed by atoms with Crippen molar-refractivity contribution in [3.8, 4) is 0 Å². The first-order valence-electron chi connectivity index (χ1n) is 4.16. The van der Waals surface area contributed by atoms with Gasteiger partial charge in [-0.1, -0.05) is 25.3 Å².